The van der Waals surface area contributed by atoms with Crippen molar-refractivity contribution in [1.82, 2.24) is 5.32 Å². The standard InChI is InChI=1S/C12H16BrNS/c13-11-3-1-2-4-12(11)15-9-10-5-7-14-8-6-10/h1-4,10,14H,5-9H2. The van der Waals surface area contributed by atoms with Crippen LogP contribution in [-0.4, -0.2) is 18.8 Å². The van der Waals surface area contributed by atoms with Crippen LogP contribution in [0.2, 0.25) is 0 Å². The Morgan fingerprint density at radius 1 is 1.27 bits per heavy atom. The second-order valence-corrected chi connectivity index (χ2v) is 5.85. The molecule has 1 nitrogen and oxygen atoms in total. The van der Waals surface area contributed by atoms with Gasteiger partial charge in [-0.15, -0.1) is 11.8 Å². The third-order valence-corrected chi connectivity index (χ3v) is 5.03. The maximum atomic E-state index is 3.59. The highest BCUT2D eigenvalue weighted by Crippen LogP contribution is 2.30. The number of thioether (sulfide) groups is 1. The van der Waals surface area contributed by atoms with Crippen LogP contribution >= 0.6 is 27.7 Å². The average molecular weight is 286 g/mol. The smallest absolute Gasteiger partial charge is 0.0311 e. The first kappa shape index (κ1) is 11.5. The Morgan fingerprint density at radius 2 is 2.00 bits per heavy atom. The molecule has 3 heteroatoms. The van der Waals surface area contributed by atoms with Crippen LogP contribution in [0.25, 0.3) is 0 Å². The van der Waals surface area contributed by atoms with Crippen LogP contribution in [0.1, 0.15) is 12.8 Å². The summed E-state index contributed by atoms with van der Waals surface area (Å²) in [6.45, 7) is 2.39. The van der Waals surface area contributed by atoms with Crippen molar-refractivity contribution in [1.29, 1.82) is 0 Å². The van der Waals surface area contributed by atoms with Gasteiger partial charge in [-0.25, -0.2) is 0 Å². The maximum Gasteiger partial charge on any atom is 0.0311 e. The lowest BCUT2D eigenvalue weighted by atomic mass is 10.0. The average Bonchev–Trinajstić information content (AvgIpc) is 2.29. The Bertz CT molecular complexity index is 310. The minimum Gasteiger partial charge on any atom is -0.317 e. The lowest BCUT2D eigenvalue weighted by Gasteiger charge is -2.22. The first-order valence-electron chi connectivity index (χ1n) is 5.44. The molecule has 1 N–H and O–H groups in total. The van der Waals surface area contributed by atoms with Crippen LogP contribution in [0, 0.1) is 5.92 Å². The second-order valence-electron chi connectivity index (χ2n) is 3.93. The summed E-state index contributed by atoms with van der Waals surface area (Å²) in [5.74, 6) is 2.15. The fraction of sp³-hybridized carbons (Fsp3) is 0.500. The van der Waals surface area contributed by atoms with Crippen molar-refractivity contribution in [2.24, 2.45) is 5.92 Å². The van der Waals surface area contributed by atoms with Crippen molar-refractivity contribution in [3.05, 3.63) is 28.7 Å². The molecule has 0 radical (unpaired) electrons. The summed E-state index contributed by atoms with van der Waals surface area (Å²) >= 11 is 5.57. The molecule has 1 aliphatic rings. The third kappa shape index (κ3) is 3.51. The quantitative estimate of drug-likeness (QED) is 0.853. The van der Waals surface area contributed by atoms with Crippen LogP contribution in [0.5, 0.6) is 0 Å². The molecular weight excluding hydrogens is 270 g/mol. The molecule has 0 amide bonds. The highest BCUT2D eigenvalue weighted by Gasteiger charge is 2.13. The van der Waals surface area contributed by atoms with Gasteiger partial charge in [0.2, 0.25) is 0 Å². The van der Waals surface area contributed by atoms with E-state index in [0.29, 0.717) is 0 Å². The number of hydrogen-bond donors (Lipinski definition) is 1. The third-order valence-electron chi connectivity index (χ3n) is 2.77. The molecule has 1 saturated heterocycles. The van der Waals surface area contributed by atoms with E-state index in [9.17, 15) is 0 Å². The Hall–Kier alpha value is 0.01000. The topological polar surface area (TPSA) is 12.0 Å². The molecule has 2 rings (SSSR count). The number of rotatable bonds is 3. The Kier molecular flexibility index (Phi) is 4.54. The number of hydrogen-bond acceptors (Lipinski definition) is 2. The number of benzene rings is 1. The summed E-state index contributed by atoms with van der Waals surface area (Å²) in [5, 5.41) is 3.41. The molecule has 15 heavy (non-hydrogen) atoms. The summed E-state index contributed by atoms with van der Waals surface area (Å²) < 4.78 is 1.23. The van der Waals surface area contributed by atoms with Gasteiger partial charge in [0.25, 0.3) is 0 Å². The molecule has 0 spiro atoms. The minimum absolute atomic E-state index is 0.892. The Labute approximate surface area is 104 Å². The molecular formula is C12H16BrNS. The van der Waals surface area contributed by atoms with Gasteiger partial charge in [0.1, 0.15) is 0 Å². The van der Waals surface area contributed by atoms with Gasteiger partial charge in [-0.3, -0.25) is 0 Å². The van der Waals surface area contributed by atoms with Crippen LogP contribution in [0.15, 0.2) is 33.6 Å². The van der Waals surface area contributed by atoms with Crippen molar-refractivity contribution in [2.45, 2.75) is 17.7 Å². The van der Waals surface area contributed by atoms with Crippen molar-refractivity contribution < 1.29 is 0 Å². The van der Waals surface area contributed by atoms with E-state index < -0.39 is 0 Å². The fourth-order valence-corrected chi connectivity index (χ4v) is 3.58. The number of piperidine rings is 1. The van der Waals surface area contributed by atoms with E-state index in [2.05, 4.69) is 45.5 Å². The van der Waals surface area contributed by atoms with Gasteiger partial charge in [-0.2, -0.15) is 0 Å². The van der Waals surface area contributed by atoms with E-state index in [1.807, 2.05) is 11.8 Å². The molecule has 1 fully saturated rings. The highest BCUT2D eigenvalue weighted by atomic mass is 79.9. The van der Waals surface area contributed by atoms with Crippen molar-refractivity contribution in [3.8, 4) is 0 Å². The summed E-state index contributed by atoms with van der Waals surface area (Å²) in [6.07, 6.45) is 2.66. The molecule has 0 unspecified atom stereocenters. The summed E-state index contributed by atoms with van der Waals surface area (Å²) in [6, 6.07) is 8.48. The molecule has 1 aliphatic heterocycles. The number of nitrogens with one attached hydrogen (secondary N) is 1. The first-order chi connectivity index (χ1) is 7.36. The van der Waals surface area contributed by atoms with E-state index in [-0.39, 0.29) is 0 Å². The van der Waals surface area contributed by atoms with Gasteiger partial charge in [-0.05, 0) is 59.9 Å². The zero-order chi connectivity index (χ0) is 10.5. The molecule has 1 aromatic rings. The molecule has 1 heterocycles. The van der Waals surface area contributed by atoms with E-state index in [1.165, 1.54) is 41.1 Å². The molecule has 1 aromatic carbocycles. The van der Waals surface area contributed by atoms with E-state index in [0.717, 1.165) is 5.92 Å². The van der Waals surface area contributed by atoms with Crippen molar-refractivity contribution in [2.75, 3.05) is 18.8 Å². The Balaban J connectivity index is 1.84. The SMILES string of the molecule is Brc1ccccc1SCC1CCNCC1. The van der Waals surface area contributed by atoms with Crippen LogP contribution in [-0.2, 0) is 0 Å². The van der Waals surface area contributed by atoms with Gasteiger partial charge < -0.3 is 5.32 Å². The maximum absolute atomic E-state index is 3.59. The van der Waals surface area contributed by atoms with Crippen molar-refractivity contribution in [3.63, 3.8) is 0 Å². The van der Waals surface area contributed by atoms with Crippen molar-refractivity contribution >= 4 is 27.7 Å². The molecule has 0 bridgehead atoms. The molecule has 0 aromatic heterocycles. The van der Waals surface area contributed by atoms with Crippen LogP contribution < -0.4 is 5.32 Å². The zero-order valence-electron chi connectivity index (χ0n) is 8.71. The predicted octanol–water partition coefficient (Wildman–Crippen LogP) is 3.54. The van der Waals surface area contributed by atoms with Gasteiger partial charge in [0, 0.05) is 15.1 Å². The number of halogens is 1. The summed E-state index contributed by atoms with van der Waals surface area (Å²) in [4.78, 5) is 1.37. The molecule has 0 saturated carbocycles. The fourth-order valence-electron chi connectivity index (χ4n) is 1.82. The molecule has 0 aliphatic carbocycles. The van der Waals surface area contributed by atoms with E-state index >= 15 is 0 Å². The van der Waals surface area contributed by atoms with E-state index in [1.54, 1.807) is 0 Å². The van der Waals surface area contributed by atoms with Gasteiger partial charge in [0.05, 0.1) is 0 Å². The van der Waals surface area contributed by atoms with Gasteiger partial charge in [0.15, 0.2) is 0 Å². The van der Waals surface area contributed by atoms with Crippen LogP contribution in [0.3, 0.4) is 0 Å². The highest BCUT2D eigenvalue weighted by molar-refractivity contribution is 9.10. The summed E-state index contributed by atoms with van der Waals surface area (Å²) in [7, 11) is 0. The van der Waals surface area contributed by atoms with E-state index in [4.69, 9.17) is 0 Å². The van der Waals surface area contributed by atoms with Gasteiger partial charge in [-0.1, -0.05) is 12.1 Å². The minimum atomic E-state index is 0.892. The zero-order valence-corrected chi connectivity index (χ0v) is 11.1. The van der Waals surface area contributed by atoms with Crippen LogP contribution in [0.4, 0.5) is 0 Å². The Morgan fingerprint density at radius 3 is 2.73 bits per heavy atom. The predicted molar refractivity (Wildman–Crippen MR) is 70.5 cm³/mol. The lowest BCUT2D eigenvalue weighted by Crippen LogP contribution is -2.28. The normalized spacial score (nSPS) is 17.9. The molecule has 82 valence electrons. The largest absolute Gasteiger partial charge is 0.317 e. The molecule has 0 atom stereocenters. The monoisotopic (exact) mass is 285 g/mol. The van der Waals surface area contributed by atoms with Gasteiger partial charge >= 0.3 is 0 Å². The first-order valence-corrected chi connectivity index (χ1v) is 7.22. The summed E-state index contributed by atoms with van der Waals surface area (Å²) in [5.41, 5.74) is 0. The lowest BCUT2D eigenvalue weighted by molar-refractivity contribution is 0.408. The second kappa shape index (κ2) is 5.92.